The zero-order valence-electron chi connectivity index (χ0n) is 13.6. The molecule has 24 heavy (non-hydrogen) atoms. The summed E-state index contributed by atoms with van der Waals surface area (Å²) in [5.41, 5.74) is 1.88. The molecule has 3 rings (SSSR count). The number of nitrogens with one attached hydrogen (secondary N) is 2. The number of carboxylic acids is 1. The van der Waals surface area contributed by atoms with Crippen molar-refractivity contribution in [3.63, 3.8) is 0 Å². The highest BCUT2D eigenvalue weighted by molar-refractivity contribution is 6.00. The van der Waals surface area contributed by atoms with Crippen molar-refractivity contribution in [3.05, 3.63) is 23.8 Å². The van der Waals surface area contributed by atoms with E-state index in [1.807, 2.05) is 0 Å². The minimum absolute atomic E-state index is 0.0447. The Balaban J connectivity index is 1.67. The Morgan fingerprint density at radius 3 is 2.62 bits per heavy atom. The van der Waals surface area contributed by atoms with Crippen molar-refractivity contribution in [1.29, 1.82) is 0 Å². The highest BCUT2D eigenvalue weighted by atomic mass is 16.4. The van der Waals surface area contributed by atoms with Crippen LogP contribution in [0.25, 0.3) is 0 Å². The van der Waals surface area contributed by atoms with Gasteiger partial charge in [0.25, 0.3) is 0 Å². The molecule has 0 aromatic heterocycles. The predicted octanol–water partition coefficient (Wildman–Crippen LogP) is 2.94. The fourth-order valence-corrected chi connectivity index (χ4v) is 3.89. The highest BCUT2D eigenvalue weighted by Crippen LogP contribution is 2.42. The second-order valence-corrected chi connectivity index (χ2v) is 6.95. The van der Waals surface area contributed by atoms with E-state index < -0.39 is 11.4 Å². The van der Waals surface area contributed by atoms with Gasteiger partial charge in [0.1, 0.15) is 0 Å². The lowest BCUT2D eigenvalue weighted by molar-refractivity contribution is -0.141. The average molecular weight is 330 g/mol. The minimum atomic E-state index is -0.841. The summed E-state index contributed by atoms with van der Waals surface area (Å²) < 4.78 is 0. The van der Waals surface area contributed by atoms with Crippen molar-refractivity contribution in [2.24, 2.45) is 5.41 Å². The molecule has 2 aliphatic rings. The maximum atomic E-state index is 12.4. The molecule has 0 radical (unpaired) electrons. The van der Waals surface area contributed by atoms with E-state index in [9.17, 15) is 19.5 Å². The fraction of sp³-hybridized carbons (Fsp3) is 0.500. The summed E-state index contributed by atoms with van der Waals surface area (Å²) in [5, 5.41) is 14.8. The minimum Gasteiger partial charge on any atom is -0.481 e. The molecular formula is C18H22N2O4. The first-order chi connectivity index (χ1) is 11.5. The maximum absolute atomic E-state index is 12.4. The highest BCUT2D eigenvalue weighted by Gasteiger charge is 2.36. The summed E-state index contributed by atoms with van der Waals surface area (Å²) in [6.07, 6.45) is 5.23. The van der Waals surface area contributed by atoms with Gasteiger partial charge in [-0.3, -0.25) is 14.4 Å². The van der Waals surface area contributed by atoms with Crippen molar-refractivity contribution in [3.8, 4) is 0 Å². The first-order valence-corrected chi connectivity index (χ1v) is 8.40. The summed E-state index contributed by atoms with van der Waals surface area (Å²) in [4.78, 5) is 35.0. The number of fused-ring (bicyclic) bond motifs is 1. The van der Waals surface area contributed by atoms with Crippen LogP contribution in [0.15, 0.2) is 18.2 Å². The Kier molecular flexibility index (Phi) is 4.55. The van der Waals surface area contributed by atoms with Crippen molar-refractivity contribution in [1.82, 2.24) is 0 Å². The van der Waals surface area contributed by atoms with Crippen LogP contribution in [0.3, 0.4) is 0 Å². The van der Waals surface area contributed by atoms with E-state index in [-0.39, 0.29) is 24.7 Å². The van der Waals surface area contributed by atoms with E-state index in [1.165, 1.54) is 0 Å². The molecule has 6 heteroatoms. The molecular weight excluding hydrogens is 308 g/mol. The largest absolute Gasteiger partial charge is 0.481 e. The first-order valence-electron chi connectivity index (χ1n) is 8.40. The number of anilines is 2. The number of carbonyl (C=O) groups excluding carboxylic acids is 2. The molecule has 1 fully saturated rings. The predicted molar refractivity (Wildman–Crippen MR) is 89.8 cm³/mol. The molecule has 128 valence electrons. The van der Waals surface area contributed by atoms with E-state index in [1.54, 1.807) is 18.2 Å². The second kappa shape index (κ2) is 6.63. The molecule has 0 spiro atoms. The fourth-order valence-electron chi connectivity index (χ4n) is 3.89. The Bertz CT molecular complexity index is 678. The van der Waals surface area contributed by atoms with Crippen molar-refractivity contribution in [2.45, 2.75) is 51.4 Å². The summed E-state index contributed by atoms with van der Waals surface area (Å²) in [5.74, 6) is -1.04. The number of hydrogen-bond acceptors (Lipinski definition) is 3. The number of rotatable bonds is 5. The van der Waals surface area contributed by atoms with Crippen LogP contribution in [0.4, 0.5) is 11.4 Å². The van der Waals surface area contributed by atoms with E-state index >= 15 is 0 Å². The van der Waals surface area contributed by atoms with Gasteiger partial charge in [0.2, 0.25) is 11.8 Å². The monoisotopic (exact) mass is 330 g/mol. The van der Waals surface area contributed by atoms with E-state index in [0.29, 0.717) is 12.1 Å². The summed E-state index contributed by atoms with van der Waals surface area (Å²) in [6.45, 7) is 0. The summed E-state index contributed by atoms with van der Waals surface area (Å²) in [7, 11) is 0. The molecule has 0 atom stereocenters. The molecule has 6 nitrogen and oxygen atoms in total. The molecule has 2 amide bonds. The van der Waals surface area contributed by atoms with Gasteiger partial charge in [-0.1, -0.05) is 19.3 Å². The third-order valence-electron chi connectivity index (χ3n) is 4.99. The first kappa shape index (κ1) is 16.5. The van der Waals surface area contributed by atoms with Crippen molar-refractivity contribution < 1.29 is 19.5 Å². The van der Waals surface area contributed by atoms with Gasteiger partial charge < -0.3 is 15.7 Å². The molecule has 1 aromatic rings. The van der Waals surface area contributed by atoms with Crippen LogP contribution in [-0.2, 0) is 20.8 Å². The van der Waals surface area contributed by atoms with E-state index in [4.69, 9.17) is 0 Å². The Hall–Kier alpha value is -2.37. The smallest absolute Gasteiger partial charge is 0.303 e. The topological polar surface area (TPSA) is 95.5 Å². The molecule has 1 heterocycles. The standard InChI is InChI=1S/C18H22N2O4/c21-15-9-12-8-13(4-5-14(12)20-15)19-16(22)10-18(11-17(23)24)6-2-1-3-7-18/h4-5,8H,1-3,6-7,9-11H2,(H,19,22)(H,20,21)(H,23,24). The van der Waals surface area contributed by atoms with Crippen LogP contribution in [0.5, 0.6) is 0 Å². The van der Waals surface area contributed by atoms with Crippen LogP contribution >= 0.6 is 0 Å². The van der Waals surface area contributed by atoms with Gasteiger partial charge in [-0.15, -0.1) is 0 Å². The summed E-state index contributed by atoms with van der Waals surface area (Å²) in [6, 6.07) is 5.34. The average Bonchev–Trinajstić information content (AvgIpc) is 2.86. The molecule has 1 saturated carbocycles. The number of carbonyl (C=O) groups is 3. The van der Waals surface area contributed by atoms with Gasteiger partial charge in [0.15, 0.2) is 0 Å². The third-order valence-corrected chi connectivity index (χ3v) is 4.99. The van der Waals surface area contributed by atoms with Gasteiger partial charge in [-0.2, -0.15) is 0 Å². The maximum Gasteiger partial charge on any atom is 0.303 e. The number of carboxylic acid groups (broad SMARTS) is 1. The number of amides is 2. The van der Waals surface area contributed by atoms with Crippen LogP contribution in [0, 0.1) is 5.41 Å². The van der Waals surface area contributed by atoms with Crippen LogP contribution in [0.2, 0.25) is 0 Å². The quantitative estimate of drug-likeness (QED) is 0.773. The Morgan fingerprint density at radius 1 is 1.17 bits per heavy atom. The Morgan fingerprint density at radius 2 is 1.92 bits per heavy atom. The van der Waals surface area contributed by atoms with Crippen LogP contribution in [-0.4, -0.2) is 22.9 Å². The van der Waals surface area contributed by atoms with Crippen molar-refractivity contribution >= 4 is 29.2 Å². The molecule has 0 bridgehead atoms. The summed E-state index contributed by atoms with van der Waals surface area (Å²) >= 11 is 0. The molecule has 3 N–H and O–H groups in total. The van der Waals surface area contributed by atoms with Crippen LogP contribution in [0.1, 0.15) is 50.5 Å². The molecule has 1 aliphatic heterocycles. The molecule has 1 aliphatic carbocycles. The normalized spacial score (nSPS) is 18.6. The van der Waals surface area contributed by atoms with Crippen molar-refractivity contribution in [2.75, 3.05) is 10.6 Å². The van der Waals surface area contributed by atoms with E-state index in [0.717, 1.165) is 43.4 Å². The second-order valence-electron chi connectivity index (χ2n) is 6.95. The molecule has 1 aromatic carbocycles. The molecule has 0 saturated heterocycles. The Labute approximate surface area is 140 Å². The van der Waals surface area contributed by atoms with E-state index in [2.05, 4.69) is 10.6 Å². The zero-order valence-corrected chi connectivity index (χ0v) is 13.6. The zero-order chi connectivity index (χ0) is 17.2. The lowest BCUT2D eigenvalue weighted by Crippen LogP contribution is -2.32. The number of aliphatic carboxylic acids is 1. The van der Waals surface area contributed by atoms with Gasteiger partial charge >= 0.3 is 5.97 Å². The lowest BCUT2D eigenvalue weighted by Gasteiger charge is -2.35. The number of hydrogen-bond donors (Lipinski definition) is 3. The van der Waals surface area contributed by atoms with Gasteiger partial charge in [0.05, 0.1) is 12.8 Å². The third kappa shape index (κ3) is 3.75. The van der Waals surface area contributed by atoms with Gasteiger partial charge in [0, 0.05) is 17.8 Å². The van der Waals surface area contributed by atoms with Gasteiger partial charge in [-0.25, -0.2) is 0 Å². The van der Waals surface area contributed by atoms with Gasteiger partial charge in [-0.05, 0) is 42.0 Å². The number of benzene rings is 1. The van der Waals surface area contributed by atoms with Crippen LogP contribution < -0.4 is 10.6 Å². The molecule has 0 unspecified atom stereocenters. The lowest BCUT2D eigenvalue weighted by atomic mass is 9.69. The SMILES string of the molecule is O=C(O)CC1(CC(=O)Nc2ccc3c(c2)CC(=O)N3)CCCCC1.